The number of ether oxygens (including phenoxy) is 1. The van der Waals surface area contributed by atoms with Crippen LogP contribution in [0.15, 0.2) is 42.5 Å². The summed E-state index contributed by atoms with van der Waals surface area (Å²) in [5, 5.41) is 21.6. The van der Waals surface area contributed by atoms with Gasteiger partial charge in [-0.25, -0.2) is 4.79 Å². The molecule has 3 amide bonds. The molecule has 9 heteroatoms. The van der Waals surface area contributed by atoms with Gasteiger partial charge in [-0.1, -0.05) is 42.5 Å². The van der Waals surface area contributed by atoms with Crippen molar-refractivity contribution in [2.75, 3.05) is 13.1 Å². The van der Waals surface area contributed by atoms with Gasteiger partial charge in [0, 0.05) is 13.1 Å². The summed E-state index contributed by atoms with van der Waals surface area (Å²) in [5.74, 6) is -0.246. The number of rotatable bonds is 11. The first-order valence-corrected chi connectivity index (χ1v) is 12.4. The first-order chi connectivity index (χ1) is 17.3. The van der Waals surface area contributed by atoms with Gasteiger partial charge in [0.05, 0.1) is 6.04 Å². The molecule has 2 aromatic carbocycles. The summed E-state index contributed by atoms with van der Waals surface area (Å²) in [6, 6.07) is 12.0. The Bertz CT molecular complexity index is 1010. The number of carbonyl (C=O) groups excluding carboxylic acids is 3. The van der Waals surface area contributed by atoms with Crippen LogP contribution in [0.2, 0.25) is 0 Å². The van der Waals surface area contributed by atoms with Crippen LogP contribution in [0.25, 0.3) is 0 Å². The molecule has 9 nitrogen and oxygen atoms in total. The number of benzene rings is 2. The standard InChI is InChI=1S/C27H36N4O5/c1-18-14-21(15-19(2)24(18)32)16-30-25(33)23(31-26(34)22-10-6-12-28-22)11-7-13-29-27(35)36-17-20-8-4-3-5-9-20/h3-5,8-9,14-15,22-23,28,32H,6-7,10-13,16-17H2,1-2H3,(H,29,35)(H,30,33)(H,31,34)/t22-,23-/m0/s1. The van der Waals surface area contributed by atoms with E-state index in [1.54, 1.807) is 0 Å². The Kier molecular flexibility index (Phi) is 10.1. The Labute approximate surface area is 212 Å². The second-order valence-electron chi connectivity index (χ2n) is 9.14. The lowest BCUT2D eigenvalue weighted by atomic mass is 10.1. The van der Waals surface area contributed by atoms with Crippen molar-refractivity contribution in [2.24, 2.45) is 0 Å². The van der Waals surface area contributed by atoms with Gasteiger partial charge in [0.1, 0.15) is 18.4 Å². The van der Waals surface area contributed by atoms with Gasteiger partial charge in [0.2, 0.25) is 11.8 Å². The molecule has 1 saturated heterocycles. The number of nitrogens with one attached hydrogen (secondary N) is 4. The average Bonchev–Trinajstić information content (AvgIpc) is 3.42. The number of alkyl carbamates (subject to hydrolysis) is 1. The quantitative estimate of drug-likeness (QED) is 0.304. The highest BCUT2D eigenvalue weighted by Crippen LogP contribution is 2.22. The average molecular weight is 497 g/mol. The lowest BCUT2D eigenvalue weighted by Gasteiger charge is -2.21. The minimum Gasteiger partial charge on any atom is -0.507 e. The van der Waals surface area contributed by atoms with Crippen molar-refractivity contribution in [3.05, 3.63) is 64.7 Å². The fraction of sp³-hybridized carbons (Fsp3) is 0.444. The number of phenolic OH excluding ortho intramolecular Hbond substituents is 1. The van der Waals surface area contributed by atoms with E-state index in [-0.39, 0.29) is 36.8 Å². The molecule has 2 aromatic rings. The first kappa shape index (κ1) is 27.0. The van der Waals surface area contributed by atoms with Gasteiger partial charge in [-0.2, -0.15) is 0 Å². The van der Waals surface area contributed by atoms with Crippen molar-refractivity contribution in [3.63, 3.8) is 0 Å². The zero-order chi connectivity index (χ0) is 25.9. The van der Waals surface area contributed by atoms with Gasteiger partial charge < -0.3 is 31.1 Å². The van der Waals surface area contributed by atoms with Crippen LogP contribution in [0.5, 0.6) is 5.75 Å². The van der Waals surface area contributed by atoms with E-state index in [0.29, 0.717) is 19.4 Å². The molecular formula is C27H36N4O5. The monoisotopic (exact) mass is 496 g/mol. The van der Waals surface area contributed by atoms with Crippen LogP contribution in [0.3, 0.4) is 0 Å². The number of aryl methyl sites for hydroxylation is 2. The van der Waals surface area contributed by atoms with E-state index >= 15 is 0 Å². The van der Waals surface area contributed by atoms with Crippen LogP contribution < -0.4 is 21.3 Å². The SMILES string of the molecule is Cc1cc(CNC(=O)[C@H](CCCNC(=O)OCc2ccccc2)NC(=O)[C@@H]2CCCN2)cc(C)c1O. The lowest BCUT2D eigenvalue weighted by Crippen LogP contribution is -2.51. The highest BCUT2D eigenvalue weighted by atomic mass is 16.5. The largest absolute Gasteiger partial charge is 0.507 e. The van der Waals surface area contributed by atoms with Crippen LogP contribution in [0, 0.1) is 13.8 Å². The number of phenols is 1. The Morgan fingerprint density at radius 2 is 1.81 bits per heavy atom. The second kappa shape index (κ2) is 13.5. The molecule has 3 rings (SSSR count). The molecule has 5 N–H and O–H groups in total. The second-order valence-corrected chi connectivity index (χ2v) is 9.14. The summed E-state index contributed by atoms with van der Waals surface area (Å²) in [4.78, 5) is 37.6. The molecule has 1 fully saturated rings. The summed E-state index contributed by atoms with van der Waals surface area (Å²) in [5.41, 5.74) is 3.23. The van der Waals surface area contributed by atoms with Crippen molar-refractivity contribution in [2.45, 2.75) is 64.8 Å². The van der Waals surface area contributed by atoms with Crippen molar-refractivity contribution < 1.29 is 24.2 Å². The van der Waals surface area contributed by atoms with Gasteiger partial charge >= 0.3 is 6.09 Å². The van der Waals surface area contributed by atoms with Gasteiger partial charge in [0.15, 0.2) is 0 Å². The maximum atomic E-state index is 13.0. The third-order valence-corrected chi connectivity index (χ3v) is 6.18. The highest BCUT2D eigenvalue weighted by Gasteiger charge is 2.27. The third kappa shape index (κ3) is 8.27. The van der Waals surface area contributed by atoms with E-state index in [4.69, 9.17) is 4.74 Å². The van der Waals surface area contributed by atoms with E-state index in [0.717, 1.165) is 41.6 Å². The molecule has 0 aromatic heterocycles. The number of aromatic hydroxyl groups is 1. The lowest BCUT2D eigenvalue weighted by molar-refractivity contribution is -0.130. The summed E-state index contributed by atoms with van der Waals surface area (Å²) < 4.78 is 5.20. The number of hydrogen-bond acceptors (Lipinski definition) is 6. The van der Waals surface area contributed by atoms with Crippen molar-refractivity contribution in [3.8, 4) is 5.75 Å². The van der Waals surface area contributed by atoms with E-state index in [2.05, 4.69) is 21.3 Å². The molecule has 0 unspecified atom stereocenters. The molecule has 0 bridgehead atoms. The van der Waals surface area contributed by atoms with Gasteiger partial charge in [-0.05, 0) is 68.3 Å². The fourth-order valence-corrected chi connectivity index (χ4v) is 4.18. The molecule has 0 saturated carbocycles. The molecule has 36 heavy (non-hydrogen) atoms. The third-order valence-electron chi connectivity index (χ3n) is 6.18. The van der Waals surface area contributed by atoms with Crippen LogP contribution in [0.4, 0.5) is 4.79 Å². The molecule has 1 aliphatic rings. The molecule has 194 valence electrons. The maximum Gasteiger partial charge on any atom is 0.407 e. The van der Waals surface area contributed by atoms with Crippen molar-refractivity contribution >= 4 is 17.9 Å². The Balaban J connectivity index is 1.49. The molecule has 2 atom stereocenters. The topological polar surface area (TPSA) is 129 Å². The predicted octanol–water partition coefficient (Wildman–Crippen LogP) is 2.57. The predicted molar refractivity (Wildman–Crippen MR) is 136 cm³/mol. The zero-order valence-electron chi connectivity index (χ0n) is 20.9. The summed E-state index contributed by atoms with van der Waals surface area (Å²) in [7, 11) is 0. The first-order valence-electron chi connectivity index (χ1n) is 12.4. The van der Waals surface area contributed by atoms with E-state index in [9.17, 15) is 19.5 Å². The summed E-state index contributed by atoms with van der Waals surface area (Å²) >= 11 is 0. The van der Waals surface area contributed by atoms with Crippen molar-refractivity contribution in [1.82, 2.24) is 21.3 Å². The minimum atomic E-state index is -0.735. The van der Waals surface area contributed by atoms with Gasteiger partial charge in [-0.3, -0.25) is 9.59 Å². The van der Waals surface area contributed by atoms with E-state index in [1.807, 2.05) is 56.3 Å². The van der Waals surface area contributed by atoms with Crippen LogP contribution >= 0.6 is 0 Å². The smallest absolute Gasteiger partial charge is 0.407 e. The Morgan fingerprint density at radius 1 is 1.08 bits per heavy atom. The highest BCUT2D eigenvalue weighted by molar-refractivity contribution is 5.89. The van der Waals surface area contributed by atoms with Crippen molar-refractivity contribution in [1.29, 1.82) is 0 Å². The van der Waals surface area contributed by atoms with Gasteiger partial charge in [-0.15, -0.1) is 0 Å². The Hall–Kier alpha value is -3.59. The maximum absolute atomic E-state index is 13.0. The molecule has 1 heterocycles. The molecule has 0 radical (unpaired) electrons. The van der Waals surface area contributed by atoms with E-state index < -0.39 is 12.1 Å². The van der Waals surface area contributed by atoms with Gasteiger partial charge in [0.25, 0.3) is 0 Å². The summed E-state index contributed by atoms with van der Waals surface area (Å²) in [6.45, 7) is 5.17. The number of carbonyl (C=O) groups is 3. The van der Waals surface area contributed by atoms with Crippen LogP contribution in [-0.2, 0) is 27.5 Å². The molecule has 1 aliphatic heterocycles. The number of hydrogen-bond donors (Lipinski definition) is 5. The van der Waals surface area contributed by atoms with E-state index in [1.165, 1.54) is 0 Å². The van der Waals surface area contributed by atoms with Crippen LogP contribution in [0.1, 0.15) is 47.9 Å². The Morgan fingerprint density at radius 3 is 2.47 bits per heavy atom. The molecule has 0 spiro atoms. The normalized spacial score (nSPS) is 15.7. The minimum absolute atomic E-state index is 0.179. The fourth-order valence-electron chi connectivity index (χ4n) is 4.18. The molecular weight excluding hydrogens is 460 g/mol. The molecule has 0 aliphatic carbocycles. The zero-order valence-corrected chi connectivity index (χ0v) is 20.9. The van der Waals surface area contributed by atoms with Crippen LogP contribution in [-0.4, -0.2) is 48.2 Å². The number of amides is 3. The summed E-state index contributed by atoms with van der Waals surface area (Å²) in [6.07, 6.45) is 1.97.